The van der Waals surface area contributed by atoms with E-state index in [2.05, 4.69) is 4.98 Å². The molecule has 1 aliphatic rings. The van der Waals surface area contributed by atoms with E-state index in [1.54, 1.807) is 12.1 Å². The summed E-state index contributed by atoms with van der Waals surface area (Å²) in [5.74, 6) is -1.16. The molecule has 2 aromatic rings. The Hall–Kier alpha value is -2.90. The molecule has 1 aromatic carbocycles. The van der Waals surface area contributed by atoms with Gasteiger partial charge in [0.05, 0.1) is 18.4 Å². The van der Waals surface area contributed by atoms with Gasteiger partial charge < -0.3 is 9.64 Å². The summed E-state index contributed by atoms with van der Waals surface area (Å²) in [6.45, 7) is 1.59. The van der Waals surface area contributed by atoms with Crippen LogP contribution in [0.2, 0.25) is 0 Å². The van der Waals surface area contributed by atoms with Crippen molar-refractivity contribution in [2.45, 2.75) is 25.6 Å². The highest BCUT2D eigenvalue weighted by atomic mass is 19.4. The number of aryl methyl sites for hydroxylation is 1. The SMILES string of the molecule is COC(=O)[C@H]1c2ccccc2CCN1C(=O)c1ccc(C(F)(F)F)nc1C. The lowest BCUT2D eigenvalue weighted by molar-refractivity contribution is -0.146. The van der Waals surface area contributed by atoms with Gasteiger partial charge in [0.15, 0.2) is 6.04 Å². The Morgan fingerprint density at radius 1 is 1.19 bits per heavy atom. The number of pyridine rings is 1. The second-order valence-corrected chi connectivity index (χ2v) is 6.20. The van der Waals surface area contributed by atoms with Gasteiger partial charge in [-0.05, 0) is 36.6 Å². The van der Waals surface area contributed by atoms with E-state index in [-0.39, 0.29) is 17.8 Å². The van der Waals surface area contributed by atoms with Gasteiger partial charge in [0.2, 0.25) is 0 Å². The molecule has 5 nitrogen and oxygen atoms in total. The number of hydrogen-bond donors (Lipinski definition) is 0. The fraction of sp³-hybridized carbons (Fsp3) is 0.316. The van der Waals surface area contributed by atoms with E-state index in [4.69, 9.17) is 4.74 Å². The van der Waals surface area contributed by atoms with Crippen LogP contribution in [0.15, 0.2) is 36.4 Å². The Morgan fingerprint density at radius 2 is 1.89 bits per heavy atom. The monoisotopic (exact) mass is 378 g/mol. The van der Waals surface area contributed by atoms with Crippen molar-refractivity contribution >= 4 is 11.9 Å². The molecule has 2 heterocycles. The molecule has 27 heavy (non-hydrogen) atoms. The standard InChI is InChI=1S/C19H17F3N2O3/c1-11-13(7-8-15(23-11)19(20,21)22)17(25)24-10-9-12-5-3-4-6-14(12)16(24)18(26)27-2/h3-8,16H,9-10H2,1-2H3/t16-/m1/s1. The maximum Gasteiger partial charge on any atom is 0.433 e. The number of carbonyl (C=O) groups is 2. The minimum absolute atomic E-state index is 0.0243. The number of methoxy groups -OCH3 is 1. The molecule has 8 heteroatoms. The van der Waals surface area contributed by atoms with Crippen LogP contribution in [-0.4, -0.2) is 35.4 Å². The highest BCUT2D eigenvalue weighted by molar-refractivity contribution is 5.98. The Labute approximate surface area is 153 Å². The normalized spacial score (nSPS) is 16.6. The maximum absolute atomic E-state index is 13.0. The van der Waals surface area contributed by atoms with Gasteiger partial charge >= 0.3 is 12.1 Å². The first-order valence-corrected chi connectivity index (χ1v) is 8.25. The minimum atomic E-state index is -4.59. The Kier molecular flexibility index (Phi) is 4.91. The third kappa shape index (κ3) is 3.51. The smallest absolute Gasteiger partial charge is 0.433 e. The average molecular weight is 378 g/mol. The van der Waals surface area contributed by atoms with Gasteiger partial charge in [0.25, 0.3) is 5.91 Å². The van der Waals surface area contributed by atoms with Crippen LogP contribution in [0.25, 0.3) is 0 Å². The van der Waals surface area contributed by atoms with Crippen LogP contribution in [0.4, 0.5) is 13.2 Å². The summed E-state index contributed by atoms with van der Waals surface area (Å²) in [4.78, 5) is 30.2. The van der Waals surface area contributed by atoms with Crippen molar-refractivity contribution < 1.29 is 27.5 Å². The highest BCUT2D eigenvalue weighted by Gasteiger charge is 2.38. The number of amides is 1. The number of esters is 1. The summed E-state index contributed by atoms with van der Waals surface area (Å²) in [5, 5.41) is 0. The van der Waals surface area contributed by atoms with Crippen LogP contribution in [0, 0.1) is 6.92 Å². The summed E-state index contributed by atoms with van der Waals surface area (Å²) in [7, 11) is 1.23. The predicted molar refractivity (Wildman–Crippen MR) is 89.9 cm³/mol. The van der Waals surface area contributed by atoms with Gasteiger partial charge in [-0.15, -0.1) is 0 Å². The largest absolute Gasteiger partial charge is 0.467 e. The molecule has 0 saturated carbocycles. The predicted octanol–water partition coefficient (Wildman–Crippen LogP) is 3.32. The number of rotatable bonds is 2. The van der Waals surface area contributed by atoms with Gasteiger partial charge in [-0.25, -0.2) is 9.78 Å². The molecule has 3 rings (SSSR count). The van der Waals surface area contributed by atoms with E-state index in [0.29, 0.717) is 12.0 Å². The van der Waals surface area contributed by atoms with Crippen molar-refractivity contribution in [3.8, 4) is 0 Å². The molecule has 142 valence electrons. The highest BCUT2D eigenvalue weighted by Crippen LogP contribution is 2.33. The second-order valence-electron chi connectivity index (χ2n) is 6.20. The number of halogens is 3. The first-order valence-electron chi connectivity index (χ1n) is 8.25. The minimum Gasteiger partial charge on any atom is -0.467 e. The molecule has 0 spiro atoms. The van der Waals surface area contributed by atoms with Gasteiger partial charge in [-0.2, -0.15) is 13.2 Å². The molecule has 1 aliphatic heterocycles. The second kappa shape index (κ2) is 7.02. The van der Waals surface area contributed by atoms with E-state index < -0.39 is 29.8 Å². The molecular formula is C19H17F3N2O3. The van der Waals surface area contributed by atoms with Gasteiger partial charge in [-0.1, -0.05) is 24.3 Å². The Bertz CT molecular complexity index is 896. The van der Waals surface area contributed by atoms with Crippen LogP contribution in [0.1, 0.15) is 38.9 Å². The number of ether oxygens (including phenoxy) is 1. The first-order chi connectivity index (χ1) is 12.7. The lowest BCUT2D eigenvalue weighted by Crippen LogP contribution is -2.44. The van der Waals surface area contributed by atoms with Crippen molar-refractivity contribution in [2.75, 3.05) is 13.7 Å². The summed E-state index contributed by atoms with van der Waals surface area (Å²) < 4.78 is 43.3. The molecule has 0 aliphatic carbocycles. The molecule has 1 amide bonds. The molecule has 0 radical (unpaired) electrons. The molecular weight excluding hydrogens is 361 g/mol. The van der Waals surface area contributed by atoms with Crippen LogP contribution in [0.3, 0.4) is 0 Å². The van der Waals surface area contributed by atoms with Crippen molar-refractivity contribution in [1.82, 2.24) is 9.88 Å². The summed E-state index contributed by atoms with van der Waals surface area (Å²) in [5.41, 5.74) is 0.499. The number of alkyl halides is 3. The number of fused-ring (bicyclic) bond motifs is 1. The van der Waals surface area contributed by atoms with Gasteiger partial charge in [0.1, 0.15) is 5.69 Å². The number of hydrogen-bond acceptors (Lipinski definition) is 4. The number of benzene rings is 1. The van der Waals surface area contributed by atoms with Crippen molar-refractivity contribution in [1.29, 1.82) is 0 Å². The molecule has 0 fully saturated rings. The molecule has 1 aromatic heterocycles. The third-order valence-corrected chi connectivity index (χ3v) is 4.58. The molecule has 0 unspecified atom stereocenters. The fourth-order valence-corrected chi connectivity index (χ4v) is 3.25. The molecule has 0 saturated heterocycles. The lowest BCUT2D eigenvalue weighted by atomic mass is 9.92. The van der Waals surface area contributed by atoms with Gasteiger partial charge in [0, 0.05) is 6.54 Å². The van der Waals surface area contributed by atoms with Crippen LogP contribution >= 0.6 is 0 Å². The summed E-state index contributed by atoms with van der Waals surface area (Å²) in [6.07, 6.45) is -4.06. The van der Waals surface area contributed by atoms with Crippen molar-refractivity contribution in [3.05, 3.63) is 64.5 Å². The number of nitrogens with zero attached hydrogens (tertiary/aromatic N) is 2. The number of carbonyl (C=O) groups excluding carboxylic acids is 2. The molecule has 0 N–H and O–H groups in total. The van der Waals surface area contributed by atoms with Crippen LogP contribution in [0.5, 0.6) is 0 Å². The number of aromatic nitrogens is 1. The lowest BCUT2D eigenvalue weighted by Gasteiger charge is -2.35. The first kappa shape index (κ1) is 18.9. The quantitative estimate of drug-likeness (QED) is 0.753. The van der Waals surface area contributed by atoms with E-state index >= 15 is 0 Å². The van der Waals surface area contributed by atoms with Crippen molar-refractivity contribution in [3.63, 3.8) is 0 Å². The fourth-order valence-electron chi connectivity index (χ4n) is 3.25. The van der Waals surface area contributed by atoms with E-state index in [9.17, 15) is 22.8 Å². The Morgan fingerprint density at radius 3 is 2.52 bits per heavy atom. The van der Waals surface area contributed by atoms with Crippen molar-refractivity contribution in [2.24, 2.45) is 0 Å². The summed E-state index contributed by atoms with van der Waals surface area (Å²) in [6, 6.07) is 8.14. The maximum atomic E-state index is 13.0. The molecule has 0 bridgehead atoms. The average Bonchev–Trinajstić information content (AvgIpc) is 2.65. The summed E-state index contributed by atoms with van der Waals surface area (Å²) >= 11 is 0. The molecule has 1 atom stereocenters. The Balaban J connectivity index is 2.00. The van der Waals surface area contributed by atoms with Crippen LogP contribution < -0.4 is 0 Å². The van der Waals surface area contributed by atoms with E-state index in [0.717, 1.165) is 17.7 Å². The topological polar surface area (TPSA) is 59.5 Å². The van der Waals surface area contributed by atoms with Gasteiger partial charge in [-0.3, -0.25) is 4.79 Å². The zero-order valence-electron chi connectivity index (χ0n) is 14.7. The van der Waals surface area contributed by atoms with E-state index in [1.807, 2.05) is 12.1 Å². The zero-order valence-corrected chi connectivity index (χ0v) is 14.7. The zero-order chi connectivity index (χ0) is 19.8. The van der Waals surface area contributed by atoms with Crippen LogP contribution in [-0.2, 0) is 22.1 Å². The van der Waals surface area contributed by atoms with E-state index in [1.165, 1.54) is 18.9 Å². The third-order valence-electron chi connectivity index (χ3n) is 4.58.